The lowest BCUT2D eigenvalue weighted by molar-refractivity contribution is -0.142. The van der Waals surface area contributed by atoms with Crippen LogP contribution in [0.4, 0.5) is 5.69 Å². The lowest BCUT2D eigenvalue weighted by Gasteiger charge is -2.29. The first-order valence-electron chi connectivity index (χ1n) is 6.62. The molecule has 0 radical (unpaired) electrons. The van der Waals surface area contributed by atoms with Crippen molar-refractivity contribution < 1.29 is 19.4 Å². The molecule has 2 unspecified atom stereocenters. The van der Waals surface area contributed by atoms with Gasteiger partial charge in [0.2, 0.25) is 0 Å². The summed E-state index contributed by atoms with van der Waals surface area (Å²) in [6.07, 6.45) is 0. The minimum absolute atomic E-state index is 0.134. The summed E-state index contributed by atoms with van der Waals surface area (Å²) in [6.45, 7) is 2.61. The highest BCUT2D eigenvalue weighted by Gasteiger charge is 2.39. The van der Waals surface area contributed by atoms with Crippen LogP contribution in [0.2, 0.25) is 0 Å². The Balaban J connectivity index is 2.26. The van der Waals surface area contributed by atoms with Crippen LogP contribution in [0.15, 0.2) is 22.7 Å². The van der Waals surface area contributed by atoms with Crippen molar-refractivity contribution in [3.63, 3.8) is 0 Å². The van der Waals surface area contributed by atoms with Crippen molar-refractivity contribution >= 4 is 33.5 Å². The standard InChI is InChI=1S/C14H17BrN2O4/c1-2-17(12-7-21-6-9(12)14(19)20)13(18)8-3-4-11(16)10(15)5-8/h3-5,9,12H,2,6-7,16H2,1H3,(H,19,20). The van der Waals surface area contributed by atoms with Gasteiger partial charge in [-0.2, -0.15) is 0 Å². The van der Waals surface area contributed by atoms with E-state index >= 15 is 0 Å². The third-order valence-corrected chi connectivity index (χ3v) is 4.30. The normalized spacial score (nSPS) is 21.2. The first-order chi connectivity index (χ1) is 9.95. The fraction of sp³-hybridized carbons (Fsp3) is 0.429. The Labute approximate surface area is 131 Å². The molecule has 1 aliphatic heterocycles. The zero-order valence-electron chi connectivity index (χ0n) is 11.6. The number of likely N-dealkylation sites (N-methyl/N-ethyl adjacent to an activating group) is 1. The van der Waals surface area contributed by atoms with Crippen LogP contribution in [0.5, 0.6) is 0 Å². The fourth-order valence-electron chi connectivity index (χ4n) is 2.44. The number of carboxylic acid groups (broad SMARTS) is 1. The van der Waals surface area contributed by atoms with Crippen molar-refractivity contribution in [2.45, 2.75) is 13.0 Å². The average Bonchev–Trinajstić information content (AvgIpc) is 2.92. The second-order valence-corrected chi connectivity index (χ2v) is 5.73. The maximum absolute atomic E-state index is 12.6. The molecule has 1 aromatic rings. The topological polar surface area (TPSA) is 92.9 Å². The van der Waals surface area contributed by atoms with Gasteiger partial charge in [0.05, 0.1) is 19.3 Å². The number of ether oxygens (including phenoxy) is 1. The molecule has 0 spiro atoms. The number of hydrogen-bond acceptors (Lipinski definition) is 4. The Bertz CT molecular complexity index is 564. The van der Waals surface area contributed by atoms with E-state index in [2.05, 4.69) is 15.9 Å². The van der Waals surface area contributed by atoms with Crippen LogP contribution in [0.25, 0.3) is 0 Å². The number of carboxylic acids is 1. The molecular formula is C14H17BrN2O4. The zero-order valence-corrected chi connectivity index (χ0v) is 13.2. The van der Waals surface area contributed by atoms with E-state index in [4.69, 9.17) is 10.5 Å². The Morgan fingerprint density at radius 3 is 2.76 bits per heavy atom. The van der Waals surface area contributed by atoms with E-state index in [1.54, 1.807) is 23.1 Å². The molecule has 1 fully saturated rings. The monoisotopic (exact) mass is 356 g/mol. The van der Waals surface area contributed by atoms with E-state index < -0.39 is 17.9 Å². The molecule has 2 rings (SSSR count). The van der Waals surface area contributed by atoms with Crippen LogP contribution < -0.4 is 5.73 Å². The quantitative estimate of drug-likeness (QED) is 0.799. The van der Waals surface area contributed by atoms with Gasteiger partial charge in [-0.1, -0.05) is 0 Å². The van der Waals surface area contributed by atoms with Gasteiger partial charge in [-0.05, 0) is 41.1 Å². The predicted octanol–water partition coefficient (Wildman–Crippen LogP) is 1.59. The third kappa shape index (κ3) is 3.19. The zero-order chi connectivity index (χ0) is 15.6. The molecule has 6 nitrogen and oxygen atoms in total. The number of hydrogen-bond donors (Lipinski definition) is 2. The minimum atomic E-state index is -0.942. The number of halogens is 1. The number of rotatable bonds is 4. The van der Waals surface area contributed by atoms with Crippen molar-refractivity contribution in [2.24, 2.45) is 5.92 Å². The Kier molecular flexibility index (Phi) is 4.84. The average molecular weight is 357 g/mol. The molecule has 3 N–H and O–H groups in total. The van der Waals surface area contributed by atoms with Gasteiger partial charge in [-0.3, -0.25) is 9.59 Å². The number of aliphatic carboxylic acids is 1. The minimum Gasteiger partial charge on any atom is -0.481 e. The second kappa shape index (κ2) is 6.44. The first kappa shape index (κ1) is 15.8. The van der Waals surface area contributed by atoms with E-state index in [0.29, 0.717) is 22.3 Å². The molecule has 0 aromatic heterocycles. The van der Waals surface area contributed by atoms with Crippen LogP contribution >= 0.6 is 15.9 Å². The van der Waals surface area contributed by atoms with Crippen LogP contribution in [0, 0.1) is 5.92 Å². The van der Waals surface area contributed by atoms with Gasteiger partial charge < -0.3 is 20.5 Å². The molecule has 1 amide bonds. The molecule has 0 aliphatic carbocycles. The molecule has 21 heavy (non-hydrogen) atoms. The first-order valence-corrected chi connectivity index (χ1v) is 7.41. The molecule has 7 heteroatoms. The molecule has 1 heterocycles. The smallest absolute Gasteiger partial charge is 0.311 e. The highest BCUT2D eigenvalue weighted by atomic mass is 79.9. The van der Waals surface area contributed by atoms with Gasteiger partial charge in [0.1, 0.15) is 5.92 Å². The predicted molar refractivity (Wildman–Crippen MR) is 81.0 cm³/mol. The van der Waals surface area contributed by atoms with Gasteiger partial charge in [-0.15, -0.1) is 0 Å². The van der Waals surface area contributed by atoms with Gasteiger partial charge in [-0.25, -0.2) is 0 Å². The summed E-state index contributed by atoms with van der Waals surface area (Å²) >= 11 is 3.29. The Morgan fingerprint density at radius 2 is 2.19 bits per heavy atom. The number of benzene rings is 1. The number of carbonyl (C=O) groups is 2. The lowest BCUT2D eigenvalue weighted by atomic mass is 10.0. The second-order valence-electron chi connectivity index (χ2n) is 4.88. The van der Waals surface area contributed by atoms with Crippen molar-refractivity contribution in [1.82, 2.24) is 4.90 Å². The third-order valence-electron chi connectivity index (χ3n) is 3.62. The highest BCUT2D eigenvalue weighted by Crippen LogP contribution is 2.25. The summed E-state index contributed by atoms with van der Waals surface area (Å²) in [4.78, 5) is 25.4. The summed E-state index contributed by atoms with van der Waals surface area (Å²) in [5.74, 6) is -1.85. The van der Waals surface area contributed by atoms with Gasteiger partial charge in [0.25, 0.3) is 5.91 Å². The van der Waals surface area contributed by atoms with Crippen molar-refractivity contribution in [3.8, 4) is 0 Å². The Morgan fingerprint density at radius 1 is 1.48 bits per heavy atom. The molecule has 2 atom stereocenters. The van der Waals surface area contributed by atoms with E-state index in [0.717, 1.165) is 0 Å². The molecule has 0 saturated carbocycles. The van der Waals surface area contributed by atoms with Gasteiger partial charge in [0, 0.05) is 22.3 Å². The van der Waals surface area contributed by atoms with Crippen molar-refractivity contribution in [3.05, 3.63) is 28.2 Å². The number of nitrogens with two attached hydrogens (primary N) is 1. The molecule has 1 saturated heterocycles. The van der Waals surface area contributed by atoms with Crippen LogP contribution in [-0.4, -0.2) is 47.7 Å². The van der Waals surface area contributed by atoms with Crippen LogP contribution in [-0.2, 0) is 9.53 Å². The van der Waals surface area contributed by atoms with E-state index in [-0.39, 0.29) is 19.1 Å². The lowest BCUT2D eigenvalue weighted by Crippen LogP contribution is -2.46. The maximum Gasteiger partial charge on any atom is 0.311 e. The number of anilines is 1. The van der Waals surface area contributed by atoms with E-state index in [9.17, 15) is 14.7 Å². The molecular weight excluding hydrogens is 340 g/mol. The van der Waals surface area contributed by atoms with E-state index in [1.807, 2.05) is 6.92 Å². The summed E-state index contributed by atoms with van der Waals surface area (Å²) in [5, 5.41) is 9.22. The number of amides is 1. The summed E-state index contributed by atoms with van der Waals surface area (Å²) in [5.41, 5.74) is 6.72. The summed E-state index contributed by atoms with van der Waals surface area (Å²) in [7, 11) is 0. The molecule has 1 aromatic carbocycles. The highest BCUT2D eigenvalue weighted by molar-refractivity contribution is 9.10. The molecule has 1 aliphatic rings. The maximum atomic E-state index is 12.6. The van der Waals surface area contributed by atoms with Crippen LogP contribution in [0.1, 0.15) is 17.3 Å². The Hall–Kier alpha value is -1.60. The van der Waals surface area contributed by atoms with Crippen molar-refractivity contribution in [1.29, 1.82) is 0 Å². The summed E-state index contributed by atoms with van der Waals surface area (Å²) < 4.78 is 5.88. The van der Waals surface area contributed by atoms with Gasteiger partial charge in [0.15, 0.2) is 0 Å². The van der Waals surface area contributed by atoms with Gasteiger partial charge >= 0.3 is 5.97 Å². The van der Waals surface area contributed by atoms with E-state index in [1.165, 1.54) is 0 Å². The van der Waals surface area contributed by atoms with Crippen molar-refractivity contribution in [2.75, 3.05) is 25.5 Å². The number of nitrogens with zero attached hydrogens (tertiary/aromatic N) is 1. The SMILES string of the molecule is CCN(C(=O)c1ccc(N)c(Br)c1)C1COCC1C(=O)O. The van der Waals surface area contributed by atoms with Crippen LogP contribution in [0.3, 0.4) is 0 Å². The fourth-order valence-corrected chi connectivity index (χ4v) is 2.82. The molecule has 114 valence electrons. The summed E-state index contributed by atoms with van der Waals surface area (Å²) in [6, 6.07) is 4.48. The molecule has 0 bridgehead atoms. The largest absolute Gasteiger partial charge is 0.481 e. The number of nitrogen functional groups attached to an aromatic ring is 1. The number of carbonyl (C=O) groups excluding carboxylic acids is 1.